The van der Waals surface area contributed by atoms with E-state index >= 15 is 0 Å². The Labute approximate surface area is 184 Å². The Bertz CT molecular complexity index is 1340. The number of nitriles is 1. The molecule has 3 aromatic rings. The van der Waals surface area contributed by atoms with Gasteiger partial charge < -0.3 is 10.4 Å². The number of nitrogens with one attached hydrogen (secondary N) is 1. The minimum Gasteiger partial charge on any atom is -0.393 e. The number of piperidine rings is 1. The molecule has 32 heavy (non-hydrogen) atoms. The third kappa shape index (κ3) is 3.72. The number of sulfonamides is 1. The van der Waals surface area contributed by atoms with Crippen molar-refractivity contribution in [2.45, 2.75) is 42.7 Å². The molecular weight excluding hydrogens is 433 g/mol. The summed E-state index contributed by atoms with van der Waals surface area (Å²) in [5.74, 6) is -0.153. The van der Waals surface area contributed by atoms with Gasteiger partial charge in [-0.25, -0.2) is 12.8 Å². The van der Waals surface area contributed by atoms with Gasteiger partial charge in [0.05, 0.1) is 28.1 Å². The monoisotopic (exact) mass is 455 g/mol. The zero-order valence-electron chi connectivity index (χ0n) is 17.2. The van der Waals surface area contributed by atoms with Crippen LogP contribution in [0.2, 0.25) is 0 Å². The summed E-state index contributed by atoms with van der Waals surface area (Å²) in [7, 11) is -3.71. The molecule has 5 rings (SSSR count). The quantitative estimate of drug-likeness (QED) is 0.611. The van der Waals surface area contributed by atoms with Gasteiger partial charge in [-0.3, -0.25) is 4.68 Å². The molecule has 0 bridgehead atoms. The molecule has 0 amide bonds. The van der Waals surface area contributed by atoms with Gasteiger partial charge in [-0.1, -0.05) is 0 Å². The summed E-state index contributed by atoms with van der Waals surface area (Å²) in [5.41, 5.74) is 1.21. The molecule has 1 aliphatic heterocycles. The number of nitrogens with zero attached hydrogens (tertiary/aromatic N) is 4. The van der Waals surface area contributed by atoms with Gasteiger partial charge in [0.15, 0.2) is 5.82 Å². The number of benzene rings is 2. The summed E-state index contributed by atoms with van der Waals surface area (Å²) in [6, 6.07) is 11.2. The van der Waals surface area contributed by atoms with E-state index in [4.69, 9.17) is 5.26 Å². The van der Waals surface area contributed by atoms with Crippen molar-refractivity contribution in [1.82, 2.24) is 14.1 Å². The van der Waals surface area contributed by atoms with Crippen LogP contribution >= 0.6 is 0 Å². The van der Waals surface area contributed by atoms with E-state index in [0.29, 0.717) is 29.7 Å². The highest BCUT2D eigenvalue weighted by Crippen LogP contribution is 2.40. The van der Waals surface area contributed by atoms with Crippen molar-refractivity contribution in [3.05, 3.63) is 47.8 Å². The van der Waals surface area contributed by atoms with E-state index in [0.717, 1.165) is 18.4 Å². The van der Waals surface area contributed by atoms with Crippen LogP contribution in [0, 0.1) is 17.1 Å². The Morgan fingerprint density at radius 1 is 1.12 bits per heavy atom. The van der Waals surface area contributed by atoms with E-state index in [1.807, 2.05) is 10.8 Å². The predicted octanol–water partition coefficient (Wildman–Crippen LogP) is 3.27. The molecule has 2 fully saturated rings. The topological polar surface area (TPSA) is 111 Å². The van der Waals surface area contributed by atoms with Crippen LogP contribution in [-0.4, -0.2) is 46.8 Å². The number of fused-ring (bicyclic) bond motifs is 1. The van der Waals surface area contributed by atoms with Crippen LogP contribution in [0.3, 0.4) is 0 Å². The average Bonchev–Trinajstić information content (AvgIpc) is 3.57. The molecule has 0 spiro atoms. The maximum absolute atomic E-state index is 13.7. The Kier molecular flexibility index (Phi) is 5.12. The number of aliphatic hydroxyl groups excluding tert-OH is 1. The van der Waals surface area contributed by atoms with Crippen molar-refractivity contribution in [3.8, 4) is 6.07 Å². The third-order valence-corrected chi connectivity index (χ3v) is 7.88. The average molecular weight is 456 g/mol. The summed E-state index contributed by atoms with van der Waals surface area (Å²) in [6.07, 6.45) is 2.37. The van der Waals surface area contributed by atoms with Gasteiger partial charge in [-0.2, -0.15) is 14.7 Å². The highest BCUT2D eigenvalue weighted by molar-refractivity contribution is 7.89. The fraction of sp³-hybridized carbons (Fsp3) is 0.364. The van der Waals surface area contributed by atoms with Gasteiger partial charge in [-0.05, 0) is 62.1 Å². The molecule has 0 radical (unpaired) electrons. The lowest BCUT2D eigenvalue weighted by atomic mass is 10.1. The smallest absolute Gasteiger partial charge is 0.243 e. The van der Waals surface area contributed by atoms with Crippen molar-refractivity contribution in [3.63, 3.8) is 0 Å². The first-order chi connectivity index (χ1) is 15.4. The Balaban J connectivity index is 1.55. The van der Waals surface area contributed by atoms with Gasteiger partial charge in [-0.15, -0.1) is 0 Å². The summed E-state index contributed by atoms with van der Waals surface area (Å²) in [4.78, 5) is 0.164. The largest absolute Gasteiger partial charge is 0.393 e. The van der Waals surface area contributed by atoms with Gasteiger partial charge in [0, 0.05) is 24.2 Å². The van der Waals surface area contributed by atoms with Crippen molar-refractivity contribution in [1.29, 1.82) is 5.26 Å². The zero-order valence-corrected chi connectivity index (χ0v) is 18.0. The first kappa shape index (κ1) is 20.9. The molecule has 2 aliphatic rings. The van der Waals surface area contributed by atoms with Crippen LogP contribution in [0.25, 0.3) is 10.9 Å². The lowest BCUT2D eigenvalue weighted by molar-refractivity contribution is 0.113. The third-order valence-electron chi connectivity index (χ3n) is 5.98. The summed E-state index contributed by atoms with van der Waals surface area (Å²) in [5, 5.41) is 27.2. The zero-order chi connectivity index (χ0) is 22.5. The van der Waals surface area contributed by atoms with Crippen LogP contribution in [-0.2, 0) is 10.0 Å². The number of rotatable bonds is 5. The van der Waals surface area contributed by atoms with Crippen molar-refractivity contribution < 1.29 is 17.9 Å². The van der Waals surface area contributed by atoms with Crippen LogP contribution in [0.4, 0.5) is 15.9 Å². The van der Waals surface area contributed by atoms with Crippen molar-refractivity contribution in [2.24, 2.45) is 0 Å². The summed E-state index contributed by atoms with van der Waals surface area (Å²) in [6.45, 7) is 0.557. The minimum absolute atomic E-state index is 0.0866. The lowest BCUT2D eigenvalue weighted by Crippen LogP contribution is -2.39. The Morgan fingerprint density at radius 3 is 2.56 bits per heavy atom. The number of anilines is 2. The van der Waals surface area contributed by atoms with E-state index in [9.17, 15) is 17.9 Å². The first-order valence-electron chi connectivity index (χ1n) is 10.5. The van der Waals surface area contributed by atoms with E-state index < -0.39 is 21.9 Å². The molecule has 1 aliphatic carbocycles. The molecule has 0 unspecified atom stereocenters. The molecule has 166 valence electrons. The van der Waals surface area contributed by atoms with E-state index in [-0.39, 0.29) is 29.6 Å². The fourth-order valence-electron chi connectivity index (χ4n) is 4.03. The number of hydrogen-bond acceptors (Lipinski definition) is 6. The highest BCUT2D eigenvalue weighted by Gasteiger charge is 2.31. The first-order valence-corrected chi connectivity index (χ1v) is 12.0. The lowest BCUT2D eigenvalue weighted by Gasteiger charge is -2.28. The number of aliphatic hydroxyl groups is 1. The maximum atomic E-state index is 13.7. The Morgan fingerprint density at radius 2 is 1.88 bits per heavy atom. The van der Waals surface area contributed by atoms with Crippen LogP contribution in [0.5, 0.6) is 0 Å². The fourth-order valence-corrected chi connectivity index (χ4v) is 5.52. The van der Waals surface area contributed by atoms with Gasteiger partial charge in [0.25, 0.3) is 0 Å². The number of hydrogen-bond donors (Lipinski definition) is 2. The maximum Gasteiger partial charge on any atom is 0.243 e. The van der Waals surface area contributed by atoms with Crippen LogP contribution in [0.1, 0.15) is 37.3 Å². The second-order valence-corrected chi connectivity index (χ2v) is 10.2. The van der Waals surface area contributed by atoms with E-state index in [1.165, 1.54) is 22.5 Å². The second-order valence-electron chi connectivity index (χ2n) is 8.27. The molecule has 2 N–H and O–H groups in total. The van der Waals surface area contributed by atoms with E-state index in [1.54, 1.807) is 18.2 Å². The van der Waals surface area contributed by atoms with Gasteiger partial charge >= 0.3 is 0 Å². The van der Waals surface area contributed by atoms with Crippen molar-refractivity contribution in [2.75, 3.05) is 18.4 Å². The molecular formula is C22H22FN5O3S. The van der Waals surface area contributed by atoms with Gasteiger partial charge in [0.2, 0.25) is 10.0 Å². The SMILES string of the molecule is N#Cc1cc(Nc2nn(C3CC3)c3ccc(S(=O)(=O)N4CCC(O)CC4)cc23)ccc1F. The van der Waals surface area contributed by atoms with Crippen LogP contribution in [0.15, 0.2) is 41.3 Å². The standard InChI is InChI=1S/C22H22FN5O3S/c23-20-5-1-15(11-14(20)13-24)25-22-19-12-18(4-6-21(19)28(26-22)16-2-3-16)32(30,31)27-9-7-17(29)8-10-27/h1,4-6,11-12,16-17,29H,2-3,7-10H2,(H,25,26). The van der Waals surface area contributed by atoms with Crippen LogP contribution < -0.4 is 5.32 Å². The molecule has 10 heteroatoms. The van der Waals surface area contributed by atoms with E-state index in [2.05, 4.69) is 10.4 Å². The molecule has 2 heterocycles. The minimum atomic E-state index is -3.71. The van der Waals surface area contributed by atoms with Gasteiger partial charge in [0.1, 0.15) is 11.9 Å². The molecule has 8 nitrogen and oxygen atoms in total. The highest BCUT2D eigenvalue weighted by atomic mass is 32.2. The normalized spacial score (nSPS) is 18.0. The molecule has 0 atom stereocenters. The number of aromatic nitrogens is 2. The molecule has 1 saturated carbocycles. The predicted molar refractivity (Wildman–Crippen MR) is 116 cm³/mol. The summed E-state index contributed by atoms with van der Waals surface area (Å²) >= 11 is 0. The second kappa shape index (κ2) is 7.85. The molecule has 1 saturated heterocycles. The summed E-state index contributed by atoms with van der Waals surface area (Å²) < 4.78 is 43.4. The Hall–Kier alpha value is -3.00. The molecule has 2 aromatic carbocycles. The number of halogens is 1. The van der Waals surface area contributed by atoms with Crippen molar-refractivity contribution >= 4 is 32.4 Å². The molecule has 1 aromatic heterocycles.